The lowest BCUT2D eigenvalue weighted by atomic mass is 9.99. The van der Waals surface area contributed by atoms with Crippen molar-refractivity contribution in [3.63, 3.8) is 0 Å². The summed E-state index contributed by atoms with van der Waals surface area (Å²) in [5.41, 5.74) is 1.27. The number of rotatable bonds is 5. The Labute approximate surface area is 161 Å². The van der Waals surface area contributed by atoms with E-state index >= 15 is 0 Å². The van der Waals surface area contributed by atoms with Gasteiger partial charge in [0.1, 0.15) is 0 Å². The molecule has 3 nitrogen and oxygen atoms in total. The van der Waals surface area contributed by atoms with Gasteiger partial charge < -0.3 is 4.74 Å². The summed E-state index contributed by atoms with van der Waals surface area (Å²) in [4.78, 5) is 25.5. The fraction of sp³-hybridized carbons (Fsp3) is 0.0476. The predicted octanol–water partition coefficient (Wildman–Crippen LogP) is 5.77. The average molecular weight is 385 g/mol. The van der Waals surface area contributed by atoms with Gasteiger partial charge in [-0.05, 0) is 30.3 Å². The molecule has 0 fully saturated rings. The van der Waals surface area contributed by atoms with Gasteiger partial charge in [0.2, 0.25) is 5.78 Å². The first-order chi connectivity index (χ1) is 12.5. The summed E-state index contributed by atoms with van der Waals surface area (Å²) in [7, 11) is 0. The summed E-state index contributed by atoms with van der Waals surface area (Å²) in [6.45, 7) is 0. The van der Waals surface area contributed by atoms with Crippen molar-refractivity contribution in [2.45, 2.75) is 6.10 Å². The number of Topliss-reactive ketones (excluding diaryl/α,β-unsaturated/α-hetero) is 1. The van der Waals surface area contributed by atoms with Crippen LogP contribution in [0.3, 0.4) is 0 Å². The zero-order chi connectivity index (χ0) is 18.5. The standard InChI is InChI=1S/C21H14Cl2O3/c22-17-11-9-15(10-12-17)20(19(24)14-5-2-1-3-6-14)26-21(25)16-7-4-8-18(23)13-16/h1-13,20H/t20-/m1/s1. The summed E-state index contributed by atoms with van der Waals surface area (Å²) in [5.74, 6) is -0.944. The minimum Gasteiger partial charge on any atom is -0.445 e. The van der Waals surface area contributed by atoms with Gasteiger partial charge in [0.25, 0.3) is 0 Å². The SMILES string of the molecule is O=C(O[C@@H](C(=O)c1ccccc1)c1ccc(Cl)cc1)c1cccc(Cl)c1. The molecule has 0 radical (unpaired) electrons. The molecular formula is C21H14Cl2O3. The van der Waals surface area contributed by atoms with Gasteiger partial charge in [-0.1, -0.05) is 71.7 Å². The third-order valence-electron chi connectivity index (χ3n) is 3.75. The Balaban J connectivity index is 1.94. The second kappa shape index (κ2) is 8.17. The van der Waals surface area contributed by atoms with Crippen LogP contribution in [0.25, 0.3) is 0 Å². The maximum atomic E-state index is 12.9. The fourth-order valence-corrected chi connectivity index (χ4v) is 2.77. The first-order valence-electron chi connectivity index (χ1n) is 7.86. The van der Waals surface area contributed by atoms with E-state index in [2.05, 4.69) is 0 Å². The van der Waals surface area contributed by atoms with Crippen LogP contribution >= 0.6 is 23.2 Å². The zero-order valence-electron chi connectivity index (χ0n) is 13.6. The van der Waals surface area contributed by atoms with E-state index in [1.165, 1.54) is 6.07 Å². The number of benzene rings is 3. The van der Waals surface area contributed by atoms with Crippen molar-refractivity contribution in [1.29, 1.82) is 0 Å². The van der Waals surface area contributed by atoms with Crippen LogP contribution in [0, 0.1) is 0 Å². The molecular weight excluding hydrogens is 371 g/mol. The van der Waals surface area contributed by atoms with Crippen LogP contribution in [0.4, 0.5) is 0 Å². The number of carbonyl (C=O) groups excluding carboxylic acids is 2. The van der Waals surface area contributed by atoms with Crippen molar-refractivity contribution >= 4 is 35.0 Å². The molecule has 0 aliphatic heterocycles. The highest BCUT2D eigenvalue weighted by Crippen LogP contribution is 2.26. The summed E-state index contributed by atoms with van der Waals surface area (Å²) in [6, 6.07) is 21.7. The van der Waals surface area contributed by atoms with Crippen molar-refractivity contribution in [3.05, 3.63) is 106 Å². The van der Waals surface area contributed by atoms with Gasteiger partial charge in [0, 0.05) is 21.2 Å². The van der Waals surface area contributed by atoms with Gasteiger partial charge in [0.15, 0.2) is 6.10 Å². The number of carbonyl (C=O) groups is 2. The van der Waals surface area contributed by atoms with Crippen LogP contribution in [-0.4, -0.2) is 11.8 Å². The van der Waals surface area contributed by atoms with Crippen molar-refractivity contribution in [2.24, 2.45) is 0 Å². The lowest BCUT2D eigenvalue weighted by Crippen LogP contribution is -2.20. The van der Waals surface area contributed by atoms with Gasteiger partial charge in [0.05, 0.1) is 5.56 Å². The summed E-state index contributed by atoms with van der Waals surface area (Å²) in [5, 5.41) is 0.942. The maximum absolute atomic E-state index is 12.9. The van der Waals surface area contributed by atoms with E-state index in [0.717, 1.165) is 0 Å². The Kier molecular flexibility index (Phi) is 5.71. The van der Waals surface area contributed by atoms with E-state index in [1.54, 1.807) is 66.7 Å². The monoisotopic (exact) mass is 384 g/mol. The van der Waals surface area contributed by atoms with Crippen LogP contribution in [0.5, 0.6) is 0 Å². The molecule has 130 valence electrons. The molecule has 0 saturated heterocycles. The molecule has 0 aromatic heterocycles. The molecule has 5 heteroatoms. The molecule has 3 aromatic rings. The van der Waals surface area contributed by atoms with Gasteiger partial charge >= 0.3 is 5.97 Å². The molecule has 0 unspecified atom stereocenters. The highest BCUT2D eigenvalue weighted by molar-refractivity contribution is 6.31. The number of esters is 1. The lowest BCUT2D eigenvalue weighted by Gasteiger charge is -2.18. The largest absolute Gasteiger partial charge is 0.445 e. The molecule has 0 aliphatic rings. The number of ketones is 1. The molecule has 0 bridgehead atoms. The van der Waals surface area contributed by atoms with Crippen LogP contribution in [0.15, 0.2) is 78.9 Å². The van der Waals surface area contributed by atoms with E-state index in [1.807, 2.05) is 6.07 Å². The number of ether oxygens (including phenoxy) is 1. The van der Waals surface area contributed by atoms with E-state index in [0.29, 0.717) is 21.2 Å². The van der Waals surface area contributed by atoms with Crippen molar-refractivity contribution < 1.29 is 14.3 Å². The fourth-order valence-electron chi connectivity index (χ4n) is 2.45. The highest BCUT2D eigenvalue weighted by atomic mass is 35.5. The Morgan fingerprint density at radius 3 is 2.04 bits per heavy atom. The summed E-state index contributed by atoms with van der Waals surface area (Å²) < 4.78 is 5.54. The van der Waals surface area contributed by atoms with Gasteiger partial charge in [-0.25, -0.2) is 4.79 Å². The number of hydrogen-bond donors (Lipinski definition) is 0. The van der Waals surface area contributed by atoms with Crippen LogP contribution in [-0.2, 0) is 4.74 Å². The Morgan fingerprint density at radius 1 is 0.731 bits per heavy atom. The summed E-state index contributed by atoms with van der Waals surface area (Å²) in [6.07, 6.45) is -1.08. The van der Waals surface area contributed by atoms with Crippen molar-refractivity contribution in [3.8, 4) is 0 Å². The first-order valence-corrected chi connectivity index (χ1v) is 8.61. The van der Waals surface area contributed by atoms with E-state index in [9.17, 15) is 9.59 Å². The quantitative estimate of drug-likeness (QED) is 0.413. The third-order valence-corrected chi connectivity index (χ3v) is 4.24. The van der Waals surface area contributed by atoms with Crippen molar-refractivity contribution in [1.82, 2.24) is 0 Å². The predicted molar refractivity (Wildman–Crippen MR) is 102 cm³/mol. The normalized spacial score (nSPS) is 11.6. The van der Waals surface area contributed by atoms with Crippen LogP contribution < -0.4 is 0 Å². The second-order valence-electron chi connectivity index (χ2n) is 5.58. The molecule has 0 heterocycles. The topological polar surface area (TPSA) is 43.4 Å². The van der Waals surface area contributed by atoms with E-state index in [4.69, 9.17) is 27.9 Å². The third kappa shape index (κ3) is 4.31. The molecule has 0 aliphatic carbocycles. The number of halogens is 2. The van der Waals surface area contributed by atoms with Crippen LogP contribution in [0.2, 0.25) is 10.0 Å². The average Bonchev–Trinajstić information content (AvgIpc) is 2.67. The lowest BCUT2D eigenvalue weighted by molar-refractivity contribution is 0.0280. The van der Waals surface area contributed by atoms with E-state index in [-0.39, 0.29) is 11.3 Å². The number of hydrogen-bond acceptors (Lipinski definition) is 3. The molecule has 0 saturated carbocycles. The molecule has 3 rings (SSSR count). The minimum atomic E-state index is -1.08. The summed E-state index contributed by atoms with van der Waals surface area (Å²) >= 11 is 11.9. The first kappa shape index (κ1) is 18.2. The molecule has 0 N–H and O–H groups in total. The minimum absolute atomic E-state index is 0.275. The highest BCUT2D eigenvalue weighted by Gasteiger charge is 2.26. The molecule has 1 atom stereocenters. The van der Waals surface area contributed by atoms with Crippen LogP contribution in [0.1, 0.15) is 32.4 Å². The molecule has 0 spiro atoms. The maximum Gasteiger partial charge on any atom is 0.339 e. The van der Waals surface area contributed by atoms with Gasteiger partial charge in [-0.3, -0.25) is 4.79 Å². The molecule has 26 heavy (non-hydrogen) atoms. The second-order valence-corrected chi connectivity index (χ2v) is 6.45. The van der Waals surface area contributed by atoms with Crippen molar-refractivity contribution in [2.75, 3.05) is 0 Å². The van der Waals surface area contributed by atoms with Gasteiger partial charge in [-0.2, -0.15) is 0 Å². The molecule has 3 aromatic carbocycles. The molecule has 0 amide bonds. The smallest absolute Gasteiger partial charge is 0.339 e. The van der Waals surface area contributed by atoms with E-state index < -0.39 is 12.1 Å². The Bertz CT molecular complexity index is 922. The Hall–Kier alpha value is -2.62. The zero-order valence-corrected chi connectivity index (χ0v) is 15.1. The van der Waals surface area contributed by atoms with Gasteiger partial charge in [-0.15, -0.1) is 0 Å². The Morgan fingerprint density at radius 2 is 1.38 bits per heavy atom.